The third-order valence-corrected chi connectivity index (χ3v) is 3.27. The van der Waals surface area contributed by atoms with Crippen LogP contribution in [0.5, 0.6) is 0 Å². The molecule has 120 valence electrons. The highest BCUT2D eigenvalue weighted by Gasteiger charge is 2.31. The molecule has 0 aliphatic carbocycles. The van der Waals surface area contributed by atoms with Crippen LogP contribution in [0, 0.1) is 17.5 Å². The molecular weight excluding hydrogens is 344 g/mol. The van der Waals surface area contributed by atoms with Gasteiger partial charge in [-0.2, -0.15) is 0 Å². The number of ether oxygens (including phenoxy) is 1. The summed E-state index contributed by atoms with van der Waals surface area (Å²) in [6.07, 6.45) is 1.42. The molecule has 1 aromatic rings. The lowest BCUT2D eigenvalue weighted by molar-refractivity contribution is -0.138. The number of hydrogen-bond donors (Lipinski definition) is 0. The van der Waals surface area contributed by atoms with E-state index in [0.717, 1.165) is 0 Å². The van der Waals surface area contributed by atoms with Crippen molar-refractivity contribution in [3.05, 3.63) is 44.7 Å². The molecule has 0 unspecified atom stereocenters. The van der Waals surface area contributed by atoms with Crippen LogP contribution >= 0.6 is 23.2 Å². The molecule has 0 atom stereocenters. The second-order valence-electron chi connectivity index (χ2n) is 4.02. The summed E-state index contributed by atoms with van der Waals surface area (Å²) in [7, 11) is 0. The Morgan fingerprint density at radius 2 is 1.59 bits per heavy atom. The first kappa shape index (κ1) is 18.5. The van der Waals surface area contributed by atoms with Gasteiger partial charge in [0.25, 0.3) is 0 Å². The molecule has 1 rings (SSSR count). The van der Waals surface area contributed by atoms with Gasteiger partial charge in [-0.3, -0.25) is 4.79 Å². The van der Waals surface area contributed by atoms with E-state index >= 15 is 0 Å². The molecule has 0 N–H and O–H groups in total. The van der Waals surface area contributed by atoms with Crippen molar-refractivity contribution >= 4 is 35.0 Å². The van der Waals surface area contributed by atoms with E-state index in [4.69, 9.17) is 23.2 Å². The predicted octanol–water partition coefficient (Wildman–Crippen LogP) is 4.49. The van der Waals surface area contributed by atoms with Crippen LogP contribution in [-0.4, -0.2) is 18.4 Å². The number of carbonyl (C=O) groups is 2. The summed E-state index contributed by atoms with van der Waals surface area (Å²) < 4.78 is 45.5. The van der Waals surface area contributed by atoms with Crippen LogP contribution in [0.1, 0.15) is 30.6 Å². The number of allylic oxidation sites excluding steroid dienone is 1. The molecule has 0 radical (unpaired) electrons. The normalized spacial score (nSPS) is 11.5. The van der Waals surface area contributed by atoms with Gasteiger partial charge in [-0.05, 0) is 13.3 Å². The van der Waals surface area contributed by atoms with Crippen molar-refractivity contribution < 1.29 is 27.5 Å². The number of esters is 1. The monoisotopic (exact) mass is 354 g/mol. The van der Waals surface area contributed by atoms with E-state index in [1.807, 2.05) is 0 Å². The average Bonchev–Trinajstić information content (AvgIpc) is 2.48. The number of carbonyl (C=O) groups excluding carboxylic acids is 2. The molecule has 0 aromatic heterocycles. The van der Waals surface area contributed by atoms with Crippen LogP contribution in [0.4, 0.5) is 13.2 Å². The molecule has 0 heterocycles. The summed E-state index contributed by atoms with van der Waals surface area (Å²) in [5.41, 5.74) is -1.55. The SMILES string of the molecule is CCC=C(C(=O)OCC)C(=O)c1c(F)c(Cl)c(F)c(F)c1Cl. The molecule has 3 nitrogen and oxygen atoms in total. The molecule has 0 aliphatic heterocycles. The number of benzene rings is 1. The highest BCUT2D eigenvalue weighted by atomic mass is 35.5. The topological polar surface area (TPSA) is 43.4 Å². The van der Waals surface area contributed by atoms with Crippen molar-refractivity contribution in [1.82, 2.24) is 0 Å². The van der Waals surface area contributed by atoms with Crippen LogP contribution in [0.25, 0.3) is 0 Å². The van der Waals surface area contributed by atoms with E-state index < -0.39 is 50.4 Å². The highest BCUT2D eigenvalue weighted by molar-refractivity contribution is 6.38. The first-order valence-corrected chi connectivity index (χ1v) is 6.96. The zero-order valence-electron chi connectivity index (χ0n) is 11.6. The predicted molar refractivity (Wildman–Crippen MR) is 75.7 cm³/mol. The van der Waals surface area contributed by atoms with Gasteiger partial charge in [0.05, 0.1) is 17.2 Å². The Morgan fingerprint density at radius 3 is 2.09 bits per heavy atom. The summed E-state index contributed by atoms with van der Waals surface area (Å²) in [5, 5.41) is -2.30. The second-order valence-corrected chi connectivity index (χ2v) is 4.78. The molecule has 0 bridgehead atoms. The molecule has 0 aliphatic rings. The molecule has 0 amide bonds. The largest absolute Gasteiger partial charge is 0.462 e. The number of rotatable bonds is 5. The maximum atomic E-state index is 14.0. The summed E-state index contributed by atoms with van der Waals surface area (Å²) in [4.78, 5) is 24.0. The minimum Gasteiger partial charge on any atom is -0.462 e. The molecular formula is C14H11Cl2F3O3. The van der Waals surface area contributed by atoms with E-state index in [1.54, 1.807) is 6.92 Å². The zero-order chi connectivity index (χ0) is 17.0. The minimum absolute atomic E-state index is 0.0259. The standard InChI is InChI=1S/C14H11Cl2F3O3/c1-3-5-6(14(21)22-4-2)13(20)7-8(15)11(18)12(19)9(16)10(7)17/h5H,3-4H2,1-2H3. The fourth-order valence-corrected chi connectivity index (χ4v) is 2.05. The lowest BCUT2D eigenvalue weighted by Crippen LogP contribution is -2.19. The summed E-state index contributed by atoms with van der Waals surface area (Å²) in [6.45, 7) is 3.10. The first-order chi connectivity index (χ1) is 10.3. The van der Waals surface area contributed by atoms with E-state index in [1.165, 1.54) is 13.0 Å². The summed E-state index contributed by atoms with van der Waals surface area (Å²) in [5.74, 6) is -7.18. The third-order valence-electron chi connectivity index (χ3n) is 2.59. The summed E-state index contributed by atoms with van der Waals surface area (Å²) in [6, 6.07) is 0. The molecule has 1 aromatic carbocycles. The first-order valence-electron chi connectivity index (χ1n) is 6.21. The van der Waals surface area contributed by atoms with Crippen molar-refractivity contribution in [3.8, 4) is 0 Å². The highest BCUT2D eigenvalue weighted by Crippen LogP contribution is 2.33. The van der Waals surface area contributed by atoms with Crippen molar-refractivity contribution in [3.63, 3.8) is 0 Å². The Hall–Kier alpha value is -1.53. The third kappa shape index (κ3) is 3.44. The fourth-order valence-electron chi connectivity index (χ4n) is 1.62. The number of hydrogen-bond acceptors (Lipinski definition) is 3. The number of halogens is 5. The quantitative estimate of drug-likeness (QED) is 0.149. The van der Waals surface area contributed by atoms with Crippen molar-refractivity contribution in [2.45, 2.75) is 20.3 Å². The molecule has 0 saturated heterocycles. The Balaban J connectivity index is 3.50. The number of Topliss-reactive ketones (excluding diaryl/α,β-unsaturated/α-hetero) is 1. The van der Waals surface area contributed by atoms with E-state index in [2.05, 4.69) is 4.74 Å². The second kappa shape index (κ2) is 7.65. The van der Waals surface area contributed by atoms with Gasteiger partial charge in [0.2, 0.25) is 5.78 Å². The minimum atomic E-state index is -1.71. The van der Waals surface area contributed by atoms with E-state index in [0.29, 0.717) is 0 Å². The van der Waals surface area contributed by atoms with Crippen LogP contribution in [0.3, 0.4) is 0 Å². The molecule has 0 spiro atoms. The smallest absolute Gasteiger partial charge is 0.341 e. The maximum Gasteiger partial charge on any atom is 0.341 e. The zero-order valence-corrected chi connectivity index (χ0v) is 13.1. The molecule has 22 heavy (non-hydrogen) atoms. The maximum absolute atomic E-state index is 14.0. The van der Waals surface area contributed by atoms with E-state index in [-0.39, 0.29) is 13.0 Å². The number of ketones is 1. The van der Waals surface area contributed by atoms with Crippen molar-refractivity contribution in [2.24, 2.45) is 0 Å². The van der Waals surface area contributed by atoms with Gasteiger partial charge in [0.15, 0.2) is 17.5 Å². The summed E-state index contributed by atoms with van der Waals surface area (Å²) >= 11 is 10.8. The Bertz CT molecular complexity index is 628. The Labute approximate surface area is 134 Å². The van der Waals surface area contributed by atoms with Gasteiger partial charge in [-0.25, -0.2) is 18.0 Å². The molecule has 0 fully saturated rings. The molecule has 0 saturated carbocycles. The van der Waals surface area contributed by atoms with Gasteiger partial charge in [-0.15, -0.1) is 0 Å². The lowest BCUT2D eigenvalue weighted by atomic mass is 10.0. The van der Waals surface area contributed by atoms with Gasteiger partial charge in [-0.1, -0.05) is 36.2 Å². The van der Waals surface area contributed by atoms with Crippen molar-refractivity contribution in [1.29, 1.82) is 0 Å². The van der Waals surface area contributed by atoms with Gasteiger partial charge in [0.1, 0.15) is 10.6 Å². The Kier molecular flexibility index (Phi) is 6.44. The molecule has 8 heteroatoms. The van der Waals surface area contributed by atoms with Crippen LogP contribution in [0.2, 0.25) is 10.0 Å². The van der Waals surface area contributed by atoms with Crippen LogP contribution < -0.4 is 0 Å². The van der Waals surface area contributed by atoms with Gasteiger partial charge in [0, 0.05) is 0 Å². The van der Waals surface area contributed by atoms with Crippen LogP contribution in [-0.2, 0) is 9.53 Å². The van der Waals surface area contributed by atoms with Crippen molar-refractivity contribution in [2.75, 3.05) is 6.61 Å². The lowest BCUT2D eigenvalue weighted by Gasteiger charge is -2.11. The van der Waals surface area contributed by atoms with E-state index in [9.17, 15) is 22.8 Å². The average molecular weight is 355 g/mol. The van der Waals surface area contributed by atoms with Crippen LogP contribution in [0.15, 0.2) is 11.6 Å². The van der Waals surface area contributed by atoms with Gasteiger partial charge < -0.3 is 4.74 Å². The van der Waals surface area contributed by atoms with Gasteiger partial charge >= 0.3 is 5.97 Å². The fraction of sp³-hybridized carbons (Fsp3) is 0.286. The Morgan fingerprint density at radius 1 is 1.05 bits per heavy atom.